The number of para-hydroxylation sites is 2. The van der Waals surface area contributed by atoms with E-state index in [0.717, 1.165) is 72.0 Å². The van der Waals surface area contributed by atoms with Crippen LogP contribution < -0.4 is 4.90 Å². The van der Waals surface area contributed by atoms with E-state index in [-0.39, 0.29) is 0 Å². The van der Waals surface area contributed by atoms with Gasteiger partial charge in [0.25, 0.3) is 0 Å². The van der Waals surface area contributed by atoms with Gasteiger partial charge in [-0.15, -0.1) is 0 Å². The summed E-state index contributed by atoms with van der Waals surface area (Å²) in [6.07, 6.45) is 0. The minimum atomic E-state index is -0.542. The Bertz CT molecular complexity index is 3650. The zero-order chi connectivity index (χ0) is 42.2. The first kappa shape index (κ1) is 36.2. The average Bonchev–Trinajstić information content (AvgIpc) is 4.05. The Morgan fingerprint density at radius 2 is 1.05 bits per heavy atom. The Labute approximate surface area is 369 Å². The average molecular weight is 819 g/mol. The van der Waals surface area contributed by atoms with E-state index in [9.17, 15) is 0 Å². The largest absolute Gasteiger partial charge is 0.455 e. The van der Waals surface area contributed by atoms with Gasteiger partial charge in [0, 0.05) is 27.7 Å². The maximum Gasteiger partial charge on any atom is 0.231 e. The highest BCUT2D eigenvalue weighted by Crippen LogP contribution is 2.59. The van der Waals surface area contributed by atoms with E-state index in [4.69, 9.17) is 13.8 Å². The fourth-order valence-electron chi connectivity index (χ4n) is 10.4. The van der Waals surface area contributed by atoms with Crippen LogP contribution >= 0.6 is 0 Å². The summed E-state index contributed by atoms with van der Waals surface area (Å²) in [6, 6.07) is 82.5. The third-order valence-corrected chi connectivity index (χ3v) is 13.2. The molecule has 12 aromatic rings. The summed E-state index contributed by atoms with van der Waals surface area (Å²) in [6.45, 7) is 0. The highest BCUT2D eigenvalue weighted by molar-refractivity contribution is 6.18. The highest BCUT2D eigenvalue weighted by atomic mass is 16.4. The van der Waals surface area contributed by atoms with Gasteiger partial charge in [0.15, 0.2) is 5.58 Å². The van der Waals surface area contributed by atoms with Crippen LogP contribution in [0.25, 0.3) is 77.5 Å². The SMILES string of the molecule is c1ccc(-c2ccc(N(c3ccc4oc5c(-c6nc7ccccc7o6)c6ccccc6cc5c4c3)c3cccc4c3-c3ccccc3C4(c3ccccc3)c3ccccc3)cc2)cc1. The molecule has 4 heteroatoms. The van der Waals surface area contributed by atoms with E-state index in [1.165, 1.54) is 38.9 Å². The number of furan rings is 1. The fraction of sp³-hybridized carbons (Fsp3) is 0.0167. The van der Waals surface area contributed by atoms with E-state index in [1.807, 2.05) is 24.3 Å². The van der Waals surface area contributed by atoms with Gasteiger partial charge in [-0.3, -0.25) is 0 Å². The normalized spacial score (nSPS) is 12.8. The lowest BCUT2D eigenvalue weighted by atomic mass is 9.68. The van der Waals surface area contributed by atoms with Crippen molar-refractivity contribution in [3.05, 3.63) is 253 Å². The molecule has 0 bridgehead atoms. The molecule has 10 aromatic carbocycles. The van der Waals surface area contributed by atoms with E-state index in [1.54, 1.807) is 0 Å². The Morgan fingerprint density at radius 3 is 1.83 bits per heavy atom. The monoisotopic (exact) mass is 818 g/mol. The van der Waals surface area contributed by atoms with Gasteiger partial charge >= 0.3 is 0 Å². The molecule has 13 rings (SSSR count). The second-order valence-corrected chi connectivity index (χ2v) is 16.6. The first-order chi connectivity index (χ1) is 31.7. The standard InChI is InChI=1S/C60H38N2O2/c1-4-17-39(18-5-1)40-31-33-44(34-32-40)62(53-29-16-27-51-56(53)47-25-12-13-26-50(47)60(51,42-20-6-2-7-21-42)43-22-8-3-9-23-43)45-35-36-54-48(38-45)49-37-41-19-10-11-24-46(41)57(58(49)63-54)59-61-52-28-14-15-30-55(52)64-59/h1-38H. The van der Waals surface area contributed by atoms with Gasteiger partial charge in [-0.05, 0) is 104 Å². The minimum Gasteiger partial charge on any atom is -0.455 e. The Hall–Kier alpha value is -8.47. The smallest absolute Gasteiger partial charge is 0.231 e. The van der Waals surface area contributed by atoms with E-state index in [0.29, 0.717) is 5.89 Å². The van der Waals surface area contributed by atoms with Gasteiger partial charge in [-0.2, -0.15) is 0 Å². The number of oxazole rings is 1. The van der Waals surface area contributed by atoms with Crippen LogP contribution in [-0.2, 0) is 5.41 Å². The Kier molecular flexibility index (Phi) is 8.09. The van der Waals surface area contributed by atoms with Gasteiger partial charge in [-0.25, -0.2) is 4.98 Å². The van der Waals surface area contributed by atoms with Crippen molar-refractivity contribution in [2.45, 2.75) is 5.41 Å². The third-order valence-electron chi connectivity index (χ3n) is 13.2. The van der Waals surface area contributed by atoms with Crippen molar-refractivity contribution in [3.8, 4) is 33.7 Å². The van der Waals surface area contributed by atoms with Crippen LogP contribution in [0.5, 0.6) is 0 Å². The molecule has 64 heavy (non-hydrogen) atoms. The molecule has 0 radical (unpaired) electrons. The van der Waals surface area contributed by atoms with Crippen molar-refractivity contribution < 1.29 is 8.83 Å². The summed E-state index contributed by atoms with van der Waals surface area (Å²) >= 11 is 0. The van der Waals surface area contributed by atoms with Crippen molar-refractivity contribution in [1.29, 1.82) is 0 Å². The van der Waals surface area contributed by atoms with Crippen LogP contribution in [0, 0.1) is 0 Å². The fourth-order valence-corrected chi connectivity index (χ4v) is 10.4. The van der Waals surface area contributed by atoms with Crippen molar-refractivity contribution in [2.24, 2.45) is 0 Å². The number of rotatable bonds is 7. The second kappa shape index (κ2) is 14.3. The minimum absolute atomic E-state index is 0.542. The molecule has 0 saturated carbocycles. The lowest BCUT2D eigenvalue weighted by Crippen LogP contribution is -2.28. The first-order valence-corrected chi connectivity index (χ1v) is 21.8. The molecule has 1 aliphatic carbocycles. The van der Waals surface area contributed by atoms with Gasteiger partial charge in [0.2, 0.25) is 5.89 Å². The maximum absolute atomic E-state index is 6.88. The van der Waals surface area contributed by atoms with Crippen LogP contribution in [0.2, 0.25) is 0 Å². The van der Waals surface area contributed by atoms with Gasteiger partial charge in [0.05, 0.1) is 16.7 Å². The van der Waals surface area contributed by atoms with Crippen LogP contribution in [-0.4, -0.2) is 4.98 Å². The summed E-state index contributed by atoms with van der Waals surface area (Å²) in [5.74, 6) is 0.543. The zero-order valence-corrected chi connectivity index (χ0v) is 34.7. The van der Waals surface area contributed by atoms with Gasteiger partial charge < -0.3 is 13.7 Å². The number of fused-ring (bicyclic) bond motifs is 8. The zero-order valence-electron chi connectivity index (χ0n) is 34.7. The van der Waals surface area contributed by atoms with Gasteiger partial charge in [0.1, 0.15) is 16.7 Å². The summed E-state index contributed by atoms with van der Waals surface area (Å²) < 4.78 is 13.3. The summed E-state index contributed by atoms with van der Waals surface area (Å²) in [4.78, 5) is 7.41. The number of hydrogen-bond donors (Lipinski definition) is 0. The molecule has 0 spiro atoms. The Balaban J connectivity index is 1.08. The topological polar surface area (TPSA) is 42.4 Å². The molecule has 0 aliphatic heterocycles. The highest BCUT2D eigenvalue weighted by Gasteiger charge is 2.47. The summed E-state index contributed by atoms with van der Waals surface area (Å²) in [7, 11) is 0. The number of aromatic nitrogens is 1. The molecule has 4 nitrogen and oxygen atoms in total. The molecule has 2 heterocycles. The van der Waals surface area contributed by atoms with Gasteiger partial charge in [-0.1, -0.05) is 176 Å². The number of benzene rings is 10. The molecule has 0 atom stereocenters. The molecule has 0 amide bonds. The van der Waals surface area contributed by atoms with Crippen molar-refractivity contribution in [2.75, 3.05) is 4.90 Å². The molecule has 300 valence electrons. The predicted octanol–water partition coefficient (Wildman–Crippen LogP) is 16.0. The van der Waals surface area contributed by atoms with Crippen LogP contribution in [0.1, 0.15) is 22.3 Å². The van der Waals surface area contributed by atoms with E-state index in [2.05, 4.69) is 211 Å². The molecular weight excluding hydrogens is 781 g/mol. The van der Waals surface area contributed by atoms with Crippen LogP contribution in [0.3, 0.4) is 0 Å². The molecule has 0 unspecified atom stereocenters. The number of hydrogen-bond acceptors (Lipinski definition) is 4. The lowest BCUT2D eigenvalue weighted by molar-refractivity contribution is 0.616. The first-order valence-electron chi connectivity index (χ1n) is 21.8. The maximum atomic E-state index is 6.88. The number of nitrogens with zero attached hydrogens (tertiary/aromatic N) is 2. The molecule has 0 saturated heterocycles. The number of anilines is 3. The van der Waals surface area contributed by atoms with Crippen molar-refractivity contribution in [1.82, 2.24) is 4.98 Å². The molecular formula is C60H38N2O2. The van der Waals surface area contributed by atoms with Crippen LogP contribution in [0.15, 0.2) is 239 Å². The second-order valence-electron chi connectivity index (χ2n) is 16.6. The lowest BCUT2D eigenvalue weighted by Gasteiger charge is -2.34. The predicted molar refractivity (Wildman–Crippen MR) is 262 cm³/mol. The molecule has 1 aliphatic rings. The van der Waals surface area contributed by atoms with Crippen LogP contribution in [0.4, 0.5) is 17.1 Å². The van der Waals surface area contributed by atoms with E-state index < -0.39 is 5.41 Å². The molecule has 0 fully saturated rings. The van der Waals surface area contributed by atoms with E-state index >= 15 is 0 Å². The summed E-state index contributed by atoms with van der Waals surface area (Å²) in [5.41, 5.74) is 16.3. The van der Waals surface area contributed by atoms with Crippen molar-refractivity contribution >= 4 is 60.9 Å². The quantitative estimate of drug-likeness (QED) is 0.161. The summed E-state index contributed by atoms with van der Waals surface area (Å²) in [5, 5.41) is 4.13. The molecule has 2 aromatic heterocycles. The Morgan fingerprint density at radius 1 is 0.406 bits per heavy atom. The van der Waals surface area contributed by atoms with Crippen molar-refractivity contribution in [3.63, 3.8) is 0 Å². The third kappa shape index (κ3) is 5.39. The molecule has 0 N–H and O–H groups in total.